The highest BCUT2D eigenvalue weighted by molar-refractivity contribution is 5.69. The van der Waals surface area contributed by atoms with Crippen LogP contribution in [-0.4, -0.2) is 9.97 Å². The third-order valence-electron chi connectivity index (χ3n) is 1.65. The Morgan fingerprint density at radius 3 is 2.62 bits per heavy atom. The molecule has 0 spiro atoms. The van der Waals surface area contributed by atoms with E-state index in [1.165, 1.54) is 0 Å². The zero-order valence-corrected chi connectivity index (χ0v) is 7.91. The van der Waals surface area contributed by atoms with Crippen LogP contribution in [0.25, 0.3) is 12.2 Å². The summed E-state index contributed by atoms with van der Waals surface area (Å²) in [4.78, 5) is 8.29. The molecule has 2 N–H and O–H groups in total. The number of hydrogen-bond acceptors (Lipinski definition) is 3. The highest BCUT2D eigenvalue weighted by atomic mass is 14.9. The molecule has 0 saturated carbocycles. The third kappa shape index (κ3) is 1.93. The molecule has 0 aliphatic carbocycles. The maximum atomic E-state index is 5.71. The number of nitrogen functional groups attached to an aromatic ring is 1. The number of hydrogen-bond donors (Lipinski definition) is 1. The Labute approximate surface area is 78.0 Å². The van der Waals surface area contributed by atoms with Gasteiger partial charge in [0.1, 0.15) is 11.6 Å². The second kappa shape index (κ2) is 3.85. The van der Waals surface area contributed by atoms with E-state index in [0.717, 1.165) is 11.3 Å². The molecule has 0 aliphatic heterocycles. The van der Waals surface area contributed by atoms with E-state index in [-0.39, 0.29) is 0 Å². The van der Waals surface area contributed by atoms with Gasteiger partial charge in [-0.1, -0.05) is 18.7 Å². The van der Waals surface area contributed by atoms with Gasteiger partial charge in [0.25, 0.3) is 0 Å². The molecule has 0 bridgehead atoms. The lowest BCUT2D eigenvalue weighted by Gasteiger charge is -2.04. The van der Waals surface area contributed by atoms with Gasteiger partial charge in [0.2, 0.25) is 0 Å². The SMILES string of the molecule is C=Cc1c(N)nc(C)nc1/C=C\C. The fourth-order valence-electron chi connectivity index (χ4n) is 1.12. The summed E-state index contributed by atoms with van der Waals surface area (Å²) < 4.78 is 0. The highest BCUT2D eigenvalue weighted by Gasteiger charge is 2.04. The van der Waals surface area contributed by atoms with Gasteiger partial charge in [0, 0.05) is 5.56 Å². The van der Waals surface area contributed by atoms with E-state index in [1.807, 2.05) is 26.0 Å². The normalized spacial score (nSPS) is 10.6. The van der Waals surface area contributed by atoms with Crippen molar-refractivity contribution < 1.29 is 0 Å². The van der Waals surface area contributed by atoms with Crippen molar-refractivity contribution in [2.45, 2.75) is 13.8 Å². The lowest BCUT2D eigenvalue weighted by molar-refractivity contribution is 1.04. The summed E-state index contributed by atoms with van der Waals surface area (Å²) in [7, 11) is 0. The first-order valence-corrected chi connectivity index (χ1v) is 4.08. The van der Waals surface area contributed by atoms with Gasteiger partial charge in [-0.05, 0) is 19.9 Å². The molecular weight excluding hydrogens is 162 g/mol. The minimum atomic E-state index is 0.482. The van der Waals surface area contributed by atoms with E-state index in [1.54, 1.807) is 6.08 Å². The third-order valence-corrected chi connectivity index (χ3v) is 1.65. The minimum absolute atomic E-state index is 0.482. The molecule has 0 fully saturated rings. The Kier molecular flexibility index (Phi) is 2.80. The fourth-order valence-corrected chi connectivity index (χ4v) is 1.12. The molecule has 0 saturated heterocycles. The quantitative estimate of drug-likeness (QED) is 0.748. The van der Waals surface area contributed by atoms with Crippen LogP contribution in [0.3, 0.4) is 0 Å². The second-order valence-electron chi connectivity index (χ2n) is 2.66. The van der Waals surface area contributed by atoms with Crippen molar-refractivity contribution in [3.8, 4) is 0 Å². The minimum Gasteiger partial charge on any atom is -0.383 e. The van der Waals surface area contributed by atoms with Gasteiger partial charge < -0.3 is 5.73 Å². The van der Waals surface area contributed by atoms with E-state index in [2.05, 4.69) is 16.5 Å². The maximum absolute atomic E-state index is 5.71. The molecule has 1 rings (SSSR count). The number of nitrogens with zero attached hydrogens (tertiary/aromatic N) is 2. The predicted octanol–water partition coefficient (Wildman–Crippen LogP) is 2.04. The summed E-state index contributed by atoms with van der Waals surface area (Å²) >= 11 is 0. The van der Waals surface area contributed by atoms with Crippen molar-refractivity contribution in [3.63, 3.8) is 0 Å². The van der Waals surface area contributed by atoms with Crippen molar-refractivity contribution in [3.05, 3.63) is 29.7 Å². The Balaban J connectivity index is 3.37. The van der Waals surface area contributed by atoms with E-state index < -0.39 is 0 Å². The summed E-state index contributed by atoms with van der Waals surface area (Å²) in [5.74, 6) is 1.16. The second-order valence-corrected chi connectivity index (χ2v) is 2.66. The largest absolute Gasteiger partial charge is 0.383 e. The number of aryl methyl sites for hydroxylation is 1. The average Bonchev–Trinajstić information content (AvgIpc) is 2.04. The van der Waals surface area contributed by atoms with Crippen LogP contribution in [0.1, 0.15) is 24.0 Å². The fraction of sp³-hybridized carbons (Fsp3) is 0.200. The molecule has 0 unspecified atom stereocenters. The number of nitrogens with two attached hydrogens (primary N) is 1. The molecule has 1 aromatic rings. The van der Waals surface area contributed by atoms with Crippen molar-refractivity contribution in [2.75, 3.05) is 5.73 Å². The lowest BCUT2D eigenvalue weighted by Crippen LogP contribution is -2.01. The van der Waals surface area contributed by atoms with Gasteiger partial charge in [0.15, 0.2) is 0 Å². The predicted molar refractivity (Wildman–Crippen MR) is 56.0 cm³/mol. The molecule has 68 valence electrons. The van der Waals surface area contributed by atoms with Gasteiger partial charge in [-0.3, -0.25) is 0 Å². The molecule has 0 atom stereocenters. The van der Waals surface area contributed by atoms with Gasteiger partial charge in [-0.2, -0.15) is 0 Å². The zero-order chi connectivity index (χ0) is 9.84. The smallest absolute Gasteiger partial charge is 0.134 e. The van der Waals surface area contributed by atoms with Crippen LogP contribution in [0.15, 0.2) is 12.7 Å². The molecule has 13 heavy (non-hydrogen) atoms. The van der Waals surface area contributed by atoms with Crippen LogP contribution in [0.2, 0.25) is 0 Å². The van der Waals surface area contributed by atoms with E-state index in [4.69, 9.17) is 5.73 Å². The Morgan fingerprint density at radius 1 is 1.38 bits per heavy atom. The van der Waals surface area contributed by atoms with Crippen LogP contribution in [0.4, 0.5) is 5.82 Å². The van der Waals surface area contributed by atoms with Crippen molar-refractivity contribution in [1.29, 1.82) is 0 Å². The van der Waals surface area contributed by atoms with Gasteiger partial charge in [-0.25, -0.2) is 9.97 Å². The molecule has 0 radical (unpaired) electrons. The van der Waals surface area contributed by atoms with Gasteiger partial charge in [0.05, 0.1) is 5.69 Å². The summed E-state index contributed by atoms with van der Waals surface area (Å²) in [5, 5.41) is 0. The number of rotatable bonds is 2. The van der Waals surface area contributed by atoms with Crippen LogP contribution in [-0.2, 0) is 0 Å². The molecule has 0 aromatic carbocycles. The van der Waals surface area contributed by atoms with E-state index >= 15 is 0 Å². The maximum Gasteiger partial charge on any atom is 0.134 e. The highest BCUT2D eigenvalue weighted by Crippen LogP contribution is 2.15. The van der Waals surface area contributed by atoms with Gasteiger partial charge in [-0.15, -0.1) is 0 Å². The molecular formula is C10H13N3. The number of allylic oxidation sites excluding steroid dienone is 1. The molecule has 3 heteroatoms. The first-order valence-electron chi connectivity index (χ1n) is 4.08. The molecule has 1 aromatic heterocycles. The van der Waals surface area contributed by atoms with Crippen molar-refractivity contribution >= 4 is 18.0 Å². The number of anilines is 1. The molecule has 3 nitrogen and oxygen atoms in total. The summed E-state index contributed by atoms with van der Waals surface area (Å²) in [6.07, 6.45) is 5.47. The van der Waals surface area contributed by atoms with E-state index in [9.17, 15) is 0 Å². The van der Waals surface area contributed by atoms with Crippen molar-refractivity contribution in [1.82, 2.24) is 9.97 Å². The average molecular weight is 175 g/mol. The van der Waals surface area contributed by atoms with E-state index in [0.29, 0.717) is 11.6 Å². The monoisotopic (exact) mass is 175 g/mol. The Hall–Kier alpha value is -1.64. The topological polar surface area (TPSA) is 51.8 Å². The number of aromatic nitrogens is 2. The van der Waals surface area contributed by atoms with Crippen molar-refractivity contribution in [2.24, 2.45) is 0 Å². The summed E-state index contributed by atoms with van der Waals surface area (Å²) in [6.45, 7) is 7.42. The van der Waals surface area contributed by atoms with Crippen LogP contribution in [0.5, 0.6) is 0 Å². The van der Waals surface area contributed by atoms with Crippen LogP contribution >= 0.6 is 0 Å². The Morgan fingerprint density at radius 2 is 2.08 bits per heavy atom. The summed E-state index contributed by atoms with van der Waals surface area (Å²) in [5.41, 5.74) is 7.32. The lowest BCUT2D eigenvalue weighted by atomic mass is 10.2. The molecule has 0 aliphatic rings. The molecule has 0 amide bonds. The summed E-state index contributed by atoms with van der Waals surface area (Å²) in [6, 6.07) is 0. The Bertz CT molecular complexity index is 353. The first-order chi connectivity index (χ1) is 6.19. The molecule has 1 heterocycles. The van der Waals surface area contributed by atoms with Gasteiger partial charge >= 0.3 is 0 Å². The van der Waals surface area contributed by atoms with Crippen LogP contribution in [0, 0.1) is 6.92 Å². The zero-order valence-electron chi connectivity index (χ0n) is 7.91. The van der Waals surface area contributed by atoms with Crippen LogP contribution < -0.4 is 5.73 Å². The standard InChI is InChI=1S/C10H13N3/c1-4-6-9-8(5-2)10(11)13-7(3)12-9/h4-6H,2H2,1,3H3,(H2,11,12,13)/b6-4-. The first kappa shape index (κ1) is 9.45.